The van der Waals surface area contributed by atoms with Gasteiger partial charge >= 0.3 is 0 Å². The molecule has 55 heavy (non-hydrogen) atoms. The van der Waals surface area contributed by atoms with Gasteiger partial charge in [-0.3, -0.25) is 4.79 Å². The summed E-state index contributed by atoms with van der Waals surface area (Å²) in [4.78, 5) is 15.2. The topological polar surface area (TPSA) is 133 Å². The summed E-state index contributed by atoms with van der Waals surface area (Å²) < 4.78 is 37.4. The number of fused-ring (bicyclic) bond motifs is 2. The Balaban J connectivity index is 1.88. The van der Waals surface area contributed by atoms with Crippen LogP contribution >= 0.6 is 0 Å². The molecule has 3 N–H and O–H groups in total. The lowest BCUT2D eigenvalue weighted by Gasteiger charge is -2.51. The van der Waals surface area contributed by atoms with Crippen molar-refractivity contribution in [3.63, 3.8) is 0 Å². The molecule has 2 aliphatic rings. The first-order chi connectivity index (χ1) is 25.5. The lowest BCUT2D eigenvalue weighted by atomic mass is 9.66. The smallest absolute Gasteiger partial charge is 0.192 e. The van der Waals surface area contributed by atoms with Gasteiger partial charge in [-0.25, -0.2) is 0 Å². The second-order valence-corrected chi connectivity index (χ2v) is 23.2. The van der Waals surface area contributed by atoms with Crippen LogP contribution in [0, 0.1) is 23.2 Å². The van der Waals surface area contributed by atoms with Crippen molar-refractivity contribution in [2.75, 3.05) is 20.8 Å². The second-order valence-electron chi connectivity index (χ2n) is 18.4. The number of benzene rings is 2. The number of hydrogen-bond acceptors (Lipinski definition) is 10. The van der Waals surface area contributed by atoms with E-state index in [1.807, 2.05) is 83.1 Å². The number of ketones is 1. The first-order valence-corrected chi connectivity index (χ1v) is 22.9. The molecule has 10 nitrogen and oxygen atoms in total. The van der Waals surface area contributed by atoms with Gasteiger partial charge in [0.25, 0.3) is 0 Å². The highest BCUT2D eigenvalue weighted by atomic mass is 28.4. The third-order valence-corrected chi connectivity index (χ3v) is 17.7. The molecule has 0 saturated heterocycles. The van der Waals surface area contributed by atoms with E-state index < -0.39 is 61.2 Å². The summed E-state index contributed by atoms with van der Waals surface area (Å²) in [5, 5.41) is 37.8. The molecule has 0 radical (unpaired) electrons. The Kier molecular flexibility index (Phi) is 14.5. The number of Topliss-reactive ketones (excluding diaryl/α,β-unsaturated/α-hetero) is 1. The molecular weight excluding hydrogens is 717 g/mol. The fourth-order valence-electron chi connectivity index (χ4n) is 8.50. The lowest BCUT2D eigenvalue weighted by Crippen LogP contribution is -2.63. The van der Waals surface area contributed by atoms with Crippen molar-refractivity contribution in [2.45, 2.75) is 155 Å². The fraction of sp³-hybridized carbons (Fsp3) is 0.705. The Labute approximate surface area is 331 Å². The number of carbonyl (C=O) groups is 1. The van der Waals surface area contributed by atoms with Crippen LogP contribution in [0.3, 0.4) is 0 Å². The molecule has 0 amide bonds. The van der Waals surface area contributed by atoms with Crippen molar-refractivity contribution < 1.29 is 48.2 Å². The molecule has 0 heterocycles. The van der Waals surface area contributed by atoms with Crippen LogP contribution in [0.15, 0.2) is 48.5 Å². The summed E-state index contributed by atoms with van der Waals surface area (Å²) in [6.07, 6.45) is -3.16. The third kappa shape index (κ3) is 9.69. The van der Waals surface area contributed by atoms with Crippen LogP contribution < -0.4 is 9.47 Å². The molecule has 310 valence electrons. The summed E-state index contributed by atoms with van der Waals surface area (Å²) in [7, 11) is 0.665. The Morgan fingerprint density at radius 1 is 0.891 bits per heavy atom. The molecule has 2 aromatic rings. The largest absolute Gasteiger partial charge is 0.497 e. The van der Waals surface area contributed by atoms with Crippen molar-refractivity contribution in [3.05, 3.63) is 59.7 Å². The van der Waals surface area contributed by atoms with Gasteiger partial charge < -0.3 is 43.4 Å². The van der Waals surface area contributed by atoms with E-state index in [4.69, 9.17) is 28.1 Å². The Bertz CT molecular complexity index is 1540. The summed E-state index contributed by atoms with van der Waals surface area (Å²) in [6, 6.07) is 15.0. The molecule has 0 unspecified atom stereocenters. The van der Waals surface area contributed by atoms with E-state index in [2.05, 4.69) is 33.9 Å². The maximum absolute atomic E-state index is 15.2. The van der Waals surface area contributed by atoms with Gasteiger partial charge in [-0.05, 0) is 93.6 Å². The molecule has 2 aliphatic carbocycles. The first kappa shape index (κ1) is 45.4. The maximum atomic E-state index is 15.2. The van der Waals surface area contributed by atoms with E-state index in [9.17, 15) is 15.3 Å². The van der Waals surface area contributed by atoms with Gasteiger partial charge in [-0.15, -0.1) is 0 Å². The number of rotatable bonds is 16. The molecule has 0 aromatic heterocycles. The van der Waals surface area contributed by atoms with Crippen LogP contribution in [0.5, 0.6) is 11.5 Å². The van der Waals surface area contributed by atoms with Gasteiger partial charge in [0, 0.05) is 23.2 Å². The van der Waals surface area contributed by atoms with Gasteiger partial charge in [-0.1, -0.05) is 65.8 Å². The SMILES string of the molecule is COc1ccc(CO[C@H]([C@H](C)O)[C@@](O)(COC(C)C)[C@H]2C[C@@H](O[Si](C)(C)C(C)(C)C)[C@@]3(O)CC[C@H]([C@@H](OCc4ccc(OC)cc4)C(=O)[C@@H]2C)C3(C)C)cc1. The molecule has 9 atom stereocenters. The van der Waals surface area contributed by atoms with E-state index in [0.717, 1.165) is 16.9 Å². The van der Waals surface area contributed by atoms with Crippen LogP contribution in [0.1, 0.15) is 92.7 Å². The van der Waals surface area contributed by atoms with Crippen LogP contribution in [0.4, 0.5) is 0 Å². The molecule has 2 aromatic carbocycles. The fourth-order valence-corrected chi connectivity index (χ4v) is 9.86. The summed E-state index contributed by atoms with van der Waals surface area (Å²) in [5.41, 5.74) is -2.39. The standard InChI is InChI=1S/C44H70O10Si/c1-28(2)53-27-43(47,40(30(4)45)52-26-32-16-20-34(50-11)21-17-32)36-24-37(54-55(12,13)41(5,6)7)44(48)23-22-35(42(44,8)9)39(38(46)29(36)3)51-25-31-14-18-33(49-10)19-15-31/h14-21,28-30,35-37,39-40,45,47-48H,22-27H2,1-13H3/t29-,30+,35-,36+,37-,39-,40-,43-,44+/m1/s1. The minimum Gasteiger partial charge on any atom is -0.497 e. The lowest BCUT2D eigenvalue weighted by molar-refractivity contribution is -0.223. The predicted octanol–water partition coefficient (Wildman–Crippen LogP) is 7.49. The average molecular weight is 787 g/mol. The molecular formula is C44H70O10Si. The van der Waals surface area contributed by atoms with Crippen molar-refractivity contribution >= 4 is 14.1 Å². The summed E-state index contributed by atoms with van der Waals surface area (Å²) >= 11 is 0. The van der Waals surface area contributed by atoms with Crippen LogP contribution in [-0.4, -0.2) is 92.0 Å². The Hall–Kier alpha value is -2.35. The number of ether oxygens (including phenoxy) is 5. The number of aliphatic hydroxyl groups excluding tert-OH is 1. The normalized spacial score (nSPS) is 28.2. The van der Waals surface area contributed by atoms with Gasteiger partial charge in [-0.2, -0.15) is 0 Å². The highest BCUT2D eigenvalue weighted by Gasteiger charge is 2.65. The number of carbonyl (C=O) groups excluding carboxylic acids is 1. The maximum Gasteiger partial charge on any atom is 0.192 e. The van der Waals surface area contributed by atoms with E-state index in [1.165, 1.54) is 0 Å². The second kappa shape index (κ2) is 17.6. The first-order valence-electron chi connectivity index (χ1n) is 20.0. The zero-order valence-corrected chi connectivity index (χ0v) is 36.7. The van der Waals surface area contributed by atoms with Crippen molar-refractivity contribution in [3.8, 4) is 11.5 Å². The monoisotopic (exact) mass is 786 g/mol. The van der Waals surface area contributed by atoms with Gasteiger partial charge in [0.1, 0.15) is 29.3 Å². The highest BCUT2D eigenvalue weighted by molar-refractivity contribution is 6.74. The van der Waals surface area contributed by atoms with Gasteiger partial charge in [0.05, 0.1) is 58.0 Å². The Morgan fingerprint density at radius 3 is 1.89 bits per heavy atom. The minimum atomic E-state index is -2.55. The Morgan fingerprint density at radius 2 is 1.42 bits per heavy atom. The van der Waals surface area contributed by atoms with Crippen molar-refractivity contribution in [1.29, 1.82) is 0 Å². The van der Waals surface area contributed by atoms with E-state index in [0.29, 0.717) is 18.6 Å². The van der Waals surface area contributed by atoms with Crippen LogP contribution in [-0.2, 0) is 36.6 Å². The molecule has 2 fully saturated rings. The molecule has 2 bridgehead atoms. The van der Waals surface area contributed by atoms with Gasteiger partial charge in [0.2, 0.25) is 0 Å². The molecule has 2 saturated carbocycles. The highest BCUT2D eigenvalue weighted by Crippen LogP contribution is 2.58. The van der Waals surface area contributed by atoms with Crippen molar-refractivity contribution in [1.82, 2.24) is 0 Å². The van der Waals surface area contributed by atoms with E-state index in [-0.39, 0.29) is 49.1 Å². The molecule has 0 spiro atoms. The summed E-state index contributed by atoms with van der Waals surface area (Å²) in [5.74, 6) is -0.780. The van der Waals surface area contributed by atoms with Crippen LogP contribution in [0.2, 0.25) is 18.1 Å². The number of hydrogen-bond donors (Lipinski definition) is 3. The van der Waals surface area contributed by atoms with Crippen molar-refractivity contribution in [2.24, 2.45) is 23.2 Å². The predicted molar refractivity (Wildman–Crippen MR) is 217 cm³/mol. The van der Waals surface area contributed by atoms with Gasteiger partial charge in [0.15, 0.2) is 14.1 Å². The average Bonchev–Trinajstić information content (AvgIpc) is 3.36. The minimum absolute atomic E-state index is 0.0785. The number of aliphatic hydroxyl groups is 3. The third-order valence-electron chi connectivity index (χ3n) is 13.2. The molecule has 11 heteroatoms. The zero-order chi connectivity index (χ0) is 41.1. The van der Waals surface area contributed by atoms with E-state index in [1.54, 1.807) is 21.1 Å². The number of methoxy groups -OCH3 is 2. The molecule has 0 aliphatic heterocycles. The summed E-state index contributed by atoms with van der Waals surface area (Å²) in [6.45, 7) is 22.1. The van der Waals surface area contributed by atoms with E-state index >= 15 is 4.79 Å². The zero-order valence-electron chi connectivity index (χ0n) is 35.7. The van der Waals surface area contributed by atoms with Crippen LogP contribution in [0.25, 0.3) is 0 Å². The quantitative estimate of drug-likeness (QED) is 0.147. The molecule has 4 rings (SSSR count).